The highest BCUT2D eigenvalue weighted by Gasteiger charge is 2.06. The molecular weight excluding hydrogens is 272 g/mol. The van der Waals surface area contributed by atoms with Crippen LogP contribution < -0.4 is 15.2 Å². The van der Waals surface area contributed by atoms with E-state index in [0.717, 1.165) is 6.42 Å². The van der Waals surface area contributed by atoms with Gasteiger partial charge in [0.2, 0.25) is 11.8 Å². The second-order valence-corrected chi connectivity index (χ2v) is 5.96. The van der Waals surface area contributed by atoms with Gasteiger partial charge in [-0.25, -0.2) is 0 Å². The van der Waals surface area contributed by atoms with Crippen LogP contribution in [0.2, 0.25) is 0 Å². The summed E-state index contributed by atoms with van der Waals surface area (Å²) in [4.78, 5) is 5.60. The maximum Gasteiger partial charge on any atom is 0.240 e. The van der Waals surface area contributed by atoms with Gasteiger partial charge >= 0.3 is 0 Å². The molecule has 0 saturated heterocycles. The molecule has 0 aliphatic rings. The number of nitrogens with two attached hydrogens (primary N) is 1. The number of anilines is 1. The molecule has 0 radical (unpaired) electrons. The third-order valence-electron chi connectivity index (χ3n) is 2.60. The Balaban J connectivity index is 1.89. The van der Waals surface area contributed by atoms with Crippen molar-refractivity contribution in [1.82, 2.24) is 4.98 Å². The lowest BCUT2D eigenvalue weighted by atomic mass is 10.2. The average Bonchev–Trinajstić information content (AvgIpc) is 2.92. The first kappa shape index (κ1) is 14.7. The summed E-state index contributed by atoms with van der Waals surface area (Å²) in [5.74, 6) is 1.43. The van der Waals surface area contributed by atoms with Crippen molar-refractivity contribution in [2.75, 3.05) is 18.9 Å². The molecule has 0 amide bonds. The number of rotatable bonds is 7. The maximum atomic E-state index is 5.84. The monoisotopic (exact) mass is 292 g/mol. The normalized spacial score (nSPS) is 10.8. The molecule has 0 fully saturated rings. The van der Waals surface area contributed by atoms with Crippen molar-refractivity contribution in [1.29, 1.82) is 0 Å². The number of hydrogen-bond donors (Lipinski definition) is 1. The number of nitrogens with zero attached hydrogens (tertiary/aromatic N) is 1. The fourth-order valence-electron chi connectivity index (χ4n) is 1.59. The van der Waals surface area contributed by atoms with E-state index < -0.39 is 0 Å². The molecule has 108 valence electrons. The molecule has 2 rings (SSSR count). The molecule has 0 bridgehead atoms. The van der Waals surface area contributed by atoms with Crippen LogP contribution in [-0.2, 0) is 6.42 Å². The summed E-state index contributed by atoms with van der Waals surface area (Å²) in [5, 5.41) is 2.06. The molecule has 0 aliphatic heterocycles. The predicted octanol–water partition coefficient (Wildman–Crippen LogP) is 3.38. The molecular formula is C15H20N2O2S. The molecule has 2 aromatic rings. The van der Waals surface area contributed by atoms with E-state index in [1.807, 2.05) is 6.07 Å². The van der Waals surface area contributed by atoms with Crippen molar-refractivity contribution in [2.45, 2.75) is 20.3 Å². The number of hydrogen-bond acceptors (Lipinski definition) is 5. The summed E-state index contributed by atoms with van der Waals surface area (Å²) in [6.45, 7) is 5.35. The van der Waals surface area contributed by atoms with E-state index in [2.05, 4.69) is 30.3 Å². The van der Waals surface area contributed by atoms with Gasteiger partial charge in [0.05, 0.1) is 18.9 Å². The van der Waals surface area contributed by atoms with Crippen LogP contribution in [0.25, 0.3) is 0 Å². The lowest BCUT2D eigenvalue weighted by Gasteiger charge is -2.11. The van der Waals surface area contributed by atoms with Crippen LogP contribution in [-0.4, -0.2) is 18.2 Å². The molecule has 0 spiro atoms. The Kier molecular flexibility index (Phi) is 5.24. The first-order chi connectivity index (χ1) is 9.65. The zero-order valence-electron chi connectivity index (χ0n) is 11.8. The molecule has 0 unspecified atom stereocenters. The zero-order chi connectivity index (χ0) is 14.4. The molecule has 4 nitrogen and oxygen atoms in total. The fraction of sp³-hybridized carbons (Fsp3) is 0.400. The molecule has 0 atom stereocenters. The Hall–Kier alpha value is -1.75. The minimum atomic E-state index is 0.430. The van der Waals surface area contributed by atoms with Gasteiger partial charge in [0.25, 0.3) is 0 Å². The van der Waals surface area contributed by atoms with Gasteiger partial charge in [-0.2, -0.15) is 4.98 Å². The van der Waals surface area contributed by atoms with E-state index in [-0.39, 0.29) is 0 Å². The van der Waals surface area contributed by atoms with Crippen molar-refractivity contribution in [3.63, 3.8) is 0 Å². The second kappa shape index (κ2) is 7.14. The molecule has 0 aromatic carbocycles. The van der Waals surface area contributed by atoms with Gasteiger partial charge in [0, 0.05) is 17.4 Å². The molecule has 2 N–H and O–H groups in total. The minimum Gasteiger partial charge on any atom is -0.477 e. The number of nitrogen functional groups attached to an aromatic ring is 1. The highest BCUT2D eigenvalue weighted by Crippen LogP contribution is 2.23. The summed E-state index contributed by atoms with van der Waals surface area (Å²) in [5.41, 5.74) is 6.38. The van der Waals surface area contributed by atoms with Crippen LogP contribution in [0, 0.1) is 5.92 Å². The van der Waals surface area contributed by atoms with Crippen molar-refractivity contribution in [3.8, 4) is 11.8 Å². The molecule has 0 saturated carbocycles. The summed E-state index contributed by atoms with van der Waals surface area (Å²) < 4.78 is 11.2. The predicted molar refractivity (Wildman–Crippen MR) is 82.5 cm³/mol. The van der Waals surface area contributed by atoms with Crippen molar-refractivity contribution in [2.24, 2.45) is 5.92 Å². The number of pyridine rings is 1. The first-order valence-electron chi connectivity index (χ1n) is 6.69. The third-order valence-corrected chi connectivity index (χ3v) is 3.53. The SMILES string of the molecule is CC(C)COc1nc(OCCc2cccs2)ccc1N. The van der Waals surface area contributed by atoms with Crippen molar-refractivity contribution < 1.29 is 9.47 Å². The molecule has 2 aromatic heterocycles. The Morgan fingerprint density at radius 3 is 2.80 bits per heavy atom. The number of aromatic nitrogens is 1. The molecule has 2 heterocycles. The van der Waals surface area contributed by atoms with Gasteiger partial charge in [-0.3, -0.25) is 0 Å². The second-order valence-electron chi connectivity index (χ2n) is 4.93. The van der Waals surface area contributed by atoms with E-state index in [1.54, 1.807) is 23.5 Å². The van der Waals surface area contributed by atoms with Crippen LogP contribution >= 0.6 is 11.3 Å². The maximum absolute atomic E-state index is 5.84. The lowest BCUT2D eigenvalue weighted by Crippen LogP contribution is -2.09. The van der Waals surface area contributed by atoms with Crippen molar-refractivity contribution >= 4 is 17.0 Å². The van der Waals surface area contributed by atoms with Gasteiger partial charge in [0.15, 0.2) is 0 Å². The van der Waals surface area contributed by atoms with Crippen LogP contribution in [0.3, 0.4) is 0 Å². The zero-order valence-corrected chi connectivity index (χ0v) is 12.7. The largest absolute Gasteiger partial charge is 0.477 e. The first-order valence-corrected chi connectivity index (χ1v) is 7.57. The summed E-state index contributed by atoms with van der Waals surface area (Å²) in [7, 11) is 0. The van der Waals surface area contributed by atoms with Gasteiger partial charge in [0.1, 0.15) is 0 Å². The summed E-state index contributed by atoms with van der Waals surface area (Å²) in [6, 6.07) is 7.68. The van der Waals surface area contributed by atoms with E-state index in [9.17, 15) is 0 Å². The average molecular weight is 292 g/mol. The van der Waals surface area contributed by atoms with Crippen LogP contribution in [0.5, 0.6) is 11.8 Å². The number of ether oxygens (including phenoxy) is 2. The Labute approximate surface area is 123 Å². The lowest BCUT2D eigenvalue weighted by molar-refractivity contribution is 0.253. The Morgan fingerprint density at radius 1 is 1.25 bits per heavy atom. The topological polar surface area (TPSA) is 57.4 Å². The Morgan fingerprint density at radius 2 is 2.10 bits per heavy atom. The van der Waals surface area contributed by atoms with Crippen LogP contribution in [0.15, 0.2) is 29.6 Å². The summed E-state index contributed by atoms with van der Waals surface area (Å²) in [6.07, 6.45) is 0.881. The van der Waals surface area contributed by atoms with Gasteiger partial charge in [-0.15, -0.1) is 11.3 Å². The van der Waals surface area contributed by atoms with Crippen molar-refractivity contribution in [3.05, 3.63) is 34.5 Å². The van der Waals surface area contributed by atoms with E-state index in [4.69, 9.17) is 15.2 Å². The molecule has 5 heteroatoms. The summed E-state index contributed by atoms with van der Waals surface area (Å²) >= 11 is 1.73. The minimum absolute atomic E-state index is 0.430. The molecule has 0 aliphatic carbocycles. The van der Waals surface area contributed by atoms with Gasteiger partial charge in [-0.05, 0) is 23.4 Å². The quantitative estimate of drug-likeness (QED) is 0.850. The van der Waals surface area contributed by atoms with E-state index in [0.29, 0.717) is 36.6 Å². The van der Waals surface area contributed by atoms with E-state index in [1.165, 1.54) is 4.88 Å². The van der Waals surface area contributed by atoms with Crippen LogP contribution in [0.4, 0.5) is 5.69 Å². The number of thiophene rings is 1. The highest BCUT2D eigenvalue weighted by atomic mass is 32.1. The highest BCUT2D eigenvalue weighted by molar-refractivity contribution is 7.09. The van der Waals surface area contributed by atoms with Gasteiger partial charge < -0.3 is 15.2 Å². The van der Waals surface area contributed by atoms with E-state index >= 15 is 0 Å². The molecule has 20 heavy (non-hydrogen) atoms. The third kappa shape index (κ3) is 4.42. The van der Waals surface area contributed by atoms with Gasteiger partial charge in [-0.1, -0.05) is 19.9 Å². The Bertz CT molecular complexity index is 527. The fourth-order valence-corrected chi connectivity index (χ4v) is 2.28. The smallest absolute Gasteiger partial charge is 0.240 e. The standard InChI is InChI=1S/C15H20N2O2S/c1-11(2)10-19-15-13(16)5-6-14(17-15)18-8-7-12-4-3-9-20-12/h3-6,9,11H,7-8,10,16H2,1-2H3. The van der Waals surface area contributed by atoms with Crippen LogP contribution in [0.1, 0.15) is 18.7 Å².